The van der Waals surface area contributed by atoms with E-state index in [9.17, 15) is 9.59 Å². The quantitative estimate of drug-likeness (QED) is 0.391. The second kappa shape index (κ2) is 12.1. The summed E-state index contributed by atoms with van der Waals surface area (Å²) in [4.78, 5) is 28.3. The molecule has 0 heterocycles. The van der Waals surface area contributed by atoms with E-state index in [1.54, 1.807) is 41.3 Å². The molecule has 3 aromatic carbocycles. The highest BCUT2D eigenvalue weighted by atomic mass is 35.5. The summed E-state index contributed by atoms with van der Waals surface area (Å²) in [6, 6.07) is 21.2. The van der Waals surface area contributed by atoms with Crippen LogP contribution in [-0.4, -0.2) is 29.3 Å². The van der Waals surface area contributed by atoms with Gasteiger partial charge in [0.15, 0.2) is 0 Å². The fraction of sp³-hybridized carbons (Fsp3) is 0.231. The van der Waals surface area contributed by atoms with E-state index in [-0.39, 0.29) is 24.8 Å². The zero-order valence-corrected chi connectivity index (χ0v) is 20.5. The molecule has 0 saturated carbocycles. The van der Waals surface area contributed by atoms with Gasteiger partial charge in [-0.05, 0) is 42.3 Å². The first-order valence-electron chi connectivity index (χ1n) is 10.7. The smallest absolute Gasteiger partial charge is 0.243 e. The van der Waals surface area contributed by atoms with Crippen molar-refractivity contribution < 1.29 is 9.59 Å². The van der Waals surface area contributed by atoms with Crippen molar-refractivity contribution in [2.75, 3.05) is 6.54 Å². The molecule has 7 heteroatoms. The van der Waals surface area contributed by atoms with Crippen LogP contribution in [0.5, 0.6) is 0 Å². The van der Waals surface area contributed by atoms with Crippen molar-refractivity contribution in [2.24, 2.45) is 0 Å². The van der Waals surface area contributed by atoms with Gasteiger partial charge in [0, 0.05) is 40.1 Å². The number of rotatable bonds is 9. The van der Waals surface area contributed by atoms with Crippen molar-refractivity contribution in [1.29, 1.82) is 0 Å². The minimum Gasteiger partial charge on any atom is -0.355 e. The second-order valence-electron chi connectivity index (χ2n) is 7.63. The van der Waals surface area contributed by atoms with Gasteiger partial charge in [-0.25, -0.2) is 0 Å². The first-order chi connectivity index (χ1) is 15.9. The van der Waals surface area contributed by atoms with Gasteiger partial charge in [-0.15, -0.1) is 0 Å². The second-order valence-corrected chi connectivity index (χ2v) is 8.88. The number of amides is 2. The average molecular weight is 504 g/mol. The molecule has 4 nitrogen and oxygen atoms in total. The summed E-state index contributed by atoms with van der Waals surface area (Å²) in [6.07, 6.45) is 0.448. The molecular formula is C26H25Cl3N2O2. The molecule has 0 aliphatic heterocycles. The van der Waals surface area contributed by atoms with Crippen LogP contribution in [0.1, 0.15) is 23.6 Å². The average Bonchev–Trinajstić information content (AvgIpc) is 2.78. The molecule has 0 radical (unpaired) electrons. The van der Waals surface area contributed by atoms with Crippen molar-refractivity contribution in [2.45, 2.75) is 32.4 Å². The Morgan fingerprint density at radius 3 is 2.15 bits per heavy atom. The lowest BCUT2D eigenvalue weighted by Crippen LogP contribution is -2.51. The first kappa shape index (κ1) is 25.1. The van der Waals surface area contributed by atoms with E-state index < -0.39 is 6.04 Å². The van der Waals surface area contributed by atoms with Crippen molar-refractivity contribution in [3.05, 3.63) is 105 Å². The van der Waals surface area contributed by atoms with Crippen molar-refractivity contribution in [3.8, 4) is 0 Å². The Hall–Kier alpha value is -2.53. The summed E-state index contributed by atoms with van der Waals surface area (Å²) in [5.41, 5.74) is 2.30. The minimum atomic E-state index is -0.744. The van der Waals surface area contributed by atoms with Crippen LogP contribution in [0.2, 0.25) is 15.1 Å². The first-order valence-corrected chi connectivity index (χ1v) is 11.8. The third-order valence-corrected chi connectivity index (χ3v) is 6.20. The van der Waals surface area contributed by atoms with Crippen LogP contribution >= 0.6 is 34.8 Å². The number of nitrogens with one attached hydrogen (secondary N) is 1. The number of carbonyl (C=O) groups excluding carboxylic acids is 2. The number of likely N-dealkylation sites (N-methyl/N-ethyl adjacent to an activating group) is 1. The summed E-state index contributed by atoms with van der Waals surface area (Å²) >= 11 is 19.0. The molecule has 1 N–H and O–H groups in total. The number of hydrogen-bond acceptors (Lipinski definition) is 2. The Labute approximate surface area is 209 Å². The van der Waals surface area contributed by atoms with Gasteiger partial charge >= 0.3 is 0 Å². The molecule has 1 atom stereocenters. The van der Waals surface area contributed by atoms with Gasteiger partial charge in [0.05, 0.1) is 6.42 Å². The minimum absolute atomic E-state index is 0.0906. The Balaban J connectivity index is 2.00. The zero-order valence-electron chi connectivity index (χ0n) is 18.2. The highest BCUT2D eigenvalue weighted by Crippen LogP contribution is 2.27. The van der Waals surface area contributed by atoms with Crippen LogP contribution in [0.15, 0.2) is 72.8 Å². The van der Waals surface area contributed by atoms with Gasteiger partial charge in [-0.2, -0.15) is 0 Å². The predicted octanol–water partition coefficient (Wildman–Crippen LogP) is 5.97. The Kier molecular flexibility index (Phi) is 9.19. The normalized spacial score (nSPS) is 11.6. The van der Waals surface area contributed by atoms with Crippen LogP contribution in [0, 0.1) is 0 Å². The third-order valence-electron chi connectivity index (χ3n) is 5.26. The lowest BCUT2D eigenvalue weighted by atomic mass is 10.0. The maximum Gasteiger partial charge on any atom is 0.243 e. The number of carbonyl (C=O) groups is 2. The van der Waals surface area contributed by atoms with Gasteiger partial charge in [-0.1, -0.05) is 83.3 Å². The van der Waals surface area contributed by atoms with E-state index in [4.69, 9.17) is 34.8 Å². The summed E-state index contributed by atoms with van der Waals surface area (Å²) in [7, 11) is 0. The van der Waals surface area contributed by atoms with Crippen molar-refractivity contribution in [3.63, 3.8) is 0 Å². The van der Waals surface area contributed by atoms with Crippen molar-refractivity contribution >= 4 is 46.6 Å². The maximum atomic E-state index is 13.6. The third kappa shape index (κ3) is 6.97. The summed E-state index contributed by atoms with van der Waals surface area (Å²) in [5.74, 6) is -0.454. The molecule has 0 aromatic heterocycles. The molecule has 0 fully saturated rings. The molecule has 1 unspecified atom stereocenters. The largest absolute Gasteiger partial charge is 0.355 e. The molecule has 0 aliphatic carbocycles. The van der Waals surface area contributed by atoms with E-state index in [1.165, 1.54) is 0 Å². The van der Waals surface area contributed by atoms with E-state index in [1.807, 2.05) is 43.3 Å². The van der Waals surface area contributed by atoms with E-state index in [0.29, 0.717) is 33.6 Å². The predicted molar refractivity (Wildman–Crippen MR) is 135 cm³/mol. The highest BCUT2D eigenvalue weighted by molar-refractivity contribution is 6.36. The molecule has 2 amide bonds. The SMILES string of the molecule is CCNC(=O)C(Cc1ccccc1)N(Cc1c(Cl)cccc1Cl)C(=O)Cc1cccc(Cl)c1. The van der Waals surface area contributed by atoms with Gasteiger partial charge in [-0.3, -0.25) is 9.59 Å². The molecule has 33 heavy (non-hydrogen) atoms. The molecule has 3 rings (SSSR count). The topological polar surface area (TPSA) is 49.4 Å². The number of benzene rings is 3. The zero-order chi connectivity index (χ0) is 23.8. The number of halogens is 3. The number of nitrogens with zero attached hydrogens (tertiary/aromatic N) is 1. The lowest BCUT2D eigenvalue weighted by molar-refractivity contribution is -0.140. The Bertz CT molecular complexity index is 1090. The van der Waals surface area contributed by atoms with E-state index in [0.717, 1.165) is 11.1 Å². The number of hydrogen-bond donors (Lipinski definition) is 1. The fourth-order valence-electron chi connectivity index (χ4n) is 3.62. The molecule has 172 valence electrons. The van der Waals surface area contributed by atoms with Gasteiger partial charge in [0.1, 0.15) is 6.04 Å². The fourth-order valence-corrected chi connectivity index (χ4v) is 4.35. The maximum absolute atomic E-state index is 13.6. The van der Waals surface area contributed by atoms with Crippen LogP contribution < -0.4 is 5.32 Å². The summed E-state index contributed by atoms with van der Waals surface area (Å²) < 4.78 is 0. The van der Waals surface area contributed by atoms with Gasteiger partial charge < -0.3 is 10.2 Å². The molecular weight excluding hydrogens is 479 g/mol. The monoisotopic (exact) mass is 502 g/mol. The lowest BCUT2D eigenvalue weighted by Gasteiger charge is -2.32. The summed E-state index contributed by atoms with van der Waals surface area (Å²) in [5, 5.41) is 4.30. The Morgan fingerprint density at radius 1 is 0.879 bits per heavy atom. The van der Waals surface area contributed by atoms with Crippen LogP contribution in [0.25, 0.3) is 0 Å². The van der Waals surface area contributed by atoms with Crippen LogP contribution in [-0.2, 0) is 29.0 Å². The summed E-state index contributed by atoms with van der Waals surface area (Å²) in [6.45, 7) is 2.40. The highest BCUT2D eigenvalue weighted by Gasteiger charge is 2.31. The van der Waals surface area contributed by atoms with Crippen molar-refractivity contribution in [1.82, 2.24) is 10.2 Å². The standard InChI is InChI=1S/C26H25Cl3N2O2/c1-2-30-26(33)24(15-18-8-4-3-5-9-18)31(17-21-22(28)12-7-13-23(21)29)25(32)16-19-10-6-11-20(27)14-19/h3-14,24H,2,15-17H2,1H3,(H,30,33). The molecule has 0 spiro atoms. The van der Waals surface area contributed by atoms with Gasteiger partial charge in [0.25, 0.3) is 0 Å². The Morgan fingerprint density at radius 2 is 1.52 bits per heavy atom. The molecule has 0 bridgehead atoms. The molecule has 0 aliphatic rings. The van der Waals surface area contributed by atoms with Crippen LogP contribution in [0.3, 0.4) is 0 Å². The molecule has 0 saturated heterocycles. The van der Waals surface area contributed by atoms with Gasteiger partial charge in [0.2, 0.25) is 11.8 Å². The van der Waals surface area contributed by atoms with E-state index in [2.05, 4.69) is 5.32 Å². The van der Waals surface area contributed by atoms with E-state index >= 15 is 0 Å². The van der Waals surface area contributed by atoms with Crippen LogP contribution in [0.4, 0.5) is 0 Å². The molecule has 3 aromatic rings.